The van der Waals surface area contributed by atoms with Crippen LogP contribution < -0.4 is 0 Å². The van der Waals surface area contributed by atoms with E-state index in [1.165, 1.54) is 6.92 Å². The quantitative estimate of drug-likeness (QED) is 0.671. The molecule has 0 aromatic rings. The van der Waals surface area contributed by atoms with E-state index >= 15 is 0 Å². The van der Waals surface area contributed by atoms with Crippen LogP contribution in [0.25, 0.3) is 0 Å². The van der Waals surface area contributed by atoms with Crippen molar-refractivity contribution in [1.82, 2.24) is 0 Å². The van der Waals surface area contributed by atoms with E-state index in [0.717, 1.165) is 0 Å². The van der Waals surface area contributed by atoms with Crippen LogP contribution in [0.5, 0.6) is 0 Å². The van der Waals surface area contributed by atoms with Crippen molar-refractivity contribution in [3.63, 3.8) is 0 Å². The molecule has 1 saturated heterocycles. The maximum absolute atomic E-state index is 10.8. The van der Waals surface area contributed by atoms with Crippen molar-refractivity contribution in [3.05, 3.63) is 0 Å². The van der Waals surface area contributed by atoms with Crippen molar-refractivity contribution in [2.75, 3.05) is 13.2 Å². The van der Waals surface area contributed by atoms with Crippen LogP contribution >= 0.6 is 0 Å². The Balaban J connectivity index is 2.81. The molecule has 12 heavy (non-hydrogen) atoms. The third-order valence-electron chi connectivity index (χ3n) is 2.79. The predicted molar refractivity (Wildman–Crippen MR) is 44.6 cm³/mol. The Kier molecular flexibility index (Phi) is 2.47. The van der Waals surface area contributed by atoms with E-state index in [0.29, 0.717) is 19.6 Å². The molecule has 1 aliphatic heterocycles. The molecule has 5 heteroatoms. The van der Waals surface area contributed by atoms with Crippen LogP contribution in [-0.4, -0.2) is 31.4 Å². The van der Waals surface area contributed by atoms with Crippen molar-refractivity contribution in [1.29, 1.82) is 0 Å². The molecule has 1 heterocycles. The molecule has 1 aliphatic rings. The van der Waals surface area contributed by atoms with Gasteiger partial charge in [0.15, 0.2) is 0 Å². The van der Waals surface area contributed by atoms with Crippen molar-refractivity contribution >= 4 is 10.1 Å². The van der Waals surface area contributed by atoms with Crippen LogP contribution in [0.2, 0.25) is 0 Å². The number of rotatable bonds is 3. The molecule has 1 rings (SSSR count). The van der Waals surface area contributed by atoms with Gasteiger partial charge in [-0.2, -0.15) is 8.42 Å². The minimum absolute atomic E-state index is 0.354. The molecular formula is C7H14O4S. The van der Waals surface area contributed by atoms with E-state index in [1.54, 1.807) is 0 Å². The number of hydrogen-bond donors (Lipinski definition) is 1. The van der Waals surface area contributed by atoms with Crippen LogP contribution in [0, 0.1) is 5.41 Å². The summed E-state index contributed by atoms with van der Waals surface area (Å²) in [6.45, 7) is 4.31. The fourth-order valence-corrected chi connectivity index (χ4v) is 2.34. The van der Waals surface area contributed by atoms with Gasteiger partial charge in [-0.3, -0.25) is 4.55 Å². The third kappa shape index (κ3) is 1.48. The van der Waals surface area contributed by atoms with Crippen LogP contribution in [0.1, 0.15) is 20.3 Å². The first-order chi connectivity index (χ1) is 5.42. The highest BCUT2D eigenvalue weighted by Gasteiger charge is 2.47. The lowest BCUT2D eigenvalue weighted by Crippen LogP contribution is -2.52. The molecule has 0 amide bonds. The van der Waals surface area contributed by atoms with Crippen LogP contribution in [0.4, 0.5) is 0 Å². The molecule has 0 aromatic carbocycles. The van der Waals surface area contributed by atoms with E-state index in [9.17, 15) is 8.42 Å². The first-order valence-corrected chi connectivity index (χ1v) is 5.47. The smallest absolute Gasteiger partial charge is 0.268 e. The molecular weight excluding hydrogens is 180 g/mol. The van der Waals surface area contributed by atoms with Gasteiger partial charge in [-0.05, 0) is 13.3 Å². The van der Waals surface area contributed by atoms with Crippen LogP contribution in [0.3, 0.4) is 0 Å². The molecule has 0 saturated carbocycles. The average Bonchev–Trinajstić information content (AvgIpc) is 1.84. The molecule has 72 valence electrons. The van der Waals surface area contributed by atoms with Gasteiger partial charge in [0.1, 0.15) is 0 Å². The van der Waals surface area contributed by atoms with Gasteiger partial charge in [0.05, 0.1) is 18.5 Å². The van der Waals surface area contributed by atoms with Gasteiger partial charge in [-0.25, -0.2) is 0 Å². The predicted octanol–water partition coefficient (Wildman–Crippen LogP) is 0.689. The first-order valence-electron chi connectivity index (χ1n) is 3.96. The summed E-state index contributed by atoms with van der Waals surface area (Å²) in [5, 5.41) is -0.719. The third-order valence-corrected chi connectivity index (χ3v) is 4.19. The second-order valence-corrected chi connectivity index (χ2v) is 5.10. The monoisotopic (exact) mass is 194 g/mol. The van der Waals surface area contributed by atoms with Gasteiger partial charge < -0.3 is 4.74 Å². The Bertz CT molecular complexity index is 247. The summed E-state index contributed by atoms with van der Waals surface area (Å²) < 4.78 is 35.5. The summed E-state index contributed by atoms with van der Waals surface area (Å²) in [6.07, 6.45) is 0.716. The molecule has 0 radical (unpaired) electrons. The molecule has 1 N–H and O–H groups in total. The van der Waals surface area contributed by atoms with Gasteiger partial charge in [-0.15, -0.1) is 0 Å². The lowest BCUT2D eigenvalue weighted by molar-refractivity contribution is -0.115. The molecule has 1 fully saturated rings. The molecule has 0 spiro atoms. The largest absolute Gasteiger partial charge is 0.380 e. The zero-order valence-corrected chi connectivity index (χ0v) is 8.10. The highest BCUT2D eigenvalue weighted by molar-refractivity contribution is 7.86. The first kappa shape index (κ1) is 9.95. The summed E-state index contributed by atoms with van der Waals surface area (Å²) in [4.78, 5) is 0. The SMILES string of the molecule is CCC1(C(C)S(=O)(=O)O)COC1. The van der Waals surface area contributed by atoms with Gasteiger partial charge in [-0.1, -0.05) is 6.92 Å². The number of hydrogen-bond acceptors (Lipinski definition) is 3. The Morgan fingerprint density at radius 2 is 2.08 bits per heavy atom. The summed E-state index contributed by atoms with van der Waals surface area (Å²) in [5.41, 5.74) is -0.354. The fraction of sp³-hybridized carbons (Fsp3) is 1.00. The highest BCUT2D eigenvalue weighted by atomic mass is 32.2. The summed E-state index contributed by atoms with van der Waals surface area (Å²) in [5.74, 6) is 0. The fourth-order valence-electron chi connectivity index (χ4n) is 1.41. The lowest BCUT2D eigenvalue weighted by atomic mass is 9.80. The van der Waals surface area contributed by atoms with Crippen molar-refractivity contribution in [2.45, 2.75) is 25.5 Å². The zero-order valence-electron chi connectivity index (χ0n) is 7.28. The zero-order chi connectivity index (χ0) is 9.41. The van der Waals surface area contributed by atoms with E-state index in [1.807, 2.05) is 6.92 Å². The van der Waals surface area contributed by atoms with Crippen molar-refractivity contribution < 1.29 is 17.7 Å². The molecule has 0 bridgehead atoms. The molecule has 0 aromatic heterocycles. The van der Waals surface area contributed by atoms with Crippen molar-refractivity contribution in [2.24, 2.45) is 5.41 Å². The maximum atomic E-state index is 10.8. The maximum Gasteiger partial charge on any atom is 0.268 e. The normalized spacial score (nSPS) is 24.6. The van der Waals surface area contributed by atoms with Crippen LogP contribution in [-0.2, 0) is 14.9 Å². The van der Waals surface area contributed by atoms with Crippen molar-refractivity contribution in [3.8, 4) is 0 Å². The van der Waals surface area contributed by atoms with Gasteiger partial charge in [0.2, 0.25) is 0 Å². The van der Waals surface area contributed by atoms with E-state index in [-0.39, 0.29) is 5.41 Å². The molecule has 4 nitrogen and oxygen atoms in total. The molecule has 1 atom stereocenters. The second-order valence-electron chi connectivity index (χ2n) is 3.37. The second kappa shape index (κ2) is 2.97. The lowest BCUT2D eigenvalue weighted by Gasteiger charge is -2.43. The molecule has 0 aliphatic carbocycles. The minimum atomic E-state index is -3.91. The summed E-state index contributed by atoms with van der Waals surface area (Å²) in [7, 11) is -3.91. The Morgan fingerprint density at radius 3 is 2.17 bits per heavy atom. The standard InChI is InChI=1S/C7H14O4S/c1-3-7(4-11-5-7)6(2)12(8,9)10/h6H,3-5H2,1-2H3,(H,8,9,10). The average molecular weight is 194 g/mol. The number of ether oxygens (including phenoxy) is 1. The molecule has 1 unspecified atom stereocenters. The summed E-state index contributed by atoms with van der Waals surface area (Å²) >= 11 is 0. The Hall–Kier alpha value is -0.130. The van der Waals surface area contributed by atoms with Gasteiger partial charge in [0, 0.05) is 5.41 Å². The minimum Gasteiger partial charge on any atom is -0.380 e. The highest BCUT2D eigenvalue weighted by Crippen LogP contribution is 2.37. The Labute approximate surface area is 72.7 Å². The van der Waals surface area contributed by atoms with E-state index in [4.69, 9.17) is 9.29 Å². The van der Waals surface area contributed by atoms with E-state index < -0.39 is 15.4 Å². The topological polar surface area (TPSA) is 63.6 Å². The van der Waals surface area contributed by atoms with E-state index in [2.05, 4.69) is 0 Å². The van der Waals surface area contributed by atoms with Gasteiger partial charge in [0.25, 0.3) is 10.1 Å². The van der Waals surface area contributed by atoms with Gasteiger partial charge >= 0.3 is 0 Å². The summed E-state index contributed by atoms with van der Waals surface area (Å²) in [6, 6.07) is 0. The Morgan fingerprint density at radius 1 is 1.58 bits per heavy atom. The van der Waals surface area contributed by atoms with Crippen LogP contribution in [0.15, 0.2) is 0 Å².